The van der Waals surface area contributed by atoms with Crippen LogP contribution in [0.3, 0.4) is 0 Å². The van der Waals surface area contributed by atoms with Crippen molar-refractivity contribution in [3.63, 3.8) is 0 Å². The van der Waals surface area contributed by atoms with Crippen LogP contribution in [-0.4, -0.2) is 35.9 Å². The summed E-state index contributed by atoms with van der Waals surface area (Å²) in [7, 11) is 0. The molecule has 112 valence electrons. The number of nitro groups is 1. The van der Waals surface area contributed by atoms with Gasteiger partial charge in [0.1, 0.15) is 11.9 Å². The summed E-state index contributed by atoms with van der Waals surface area (Å²) in [6.07, 6.45) is 0. The average molecular weight is 300 g/mol. The molecular weight excluding hydrogens is 290 g/mol. The molecule has 0 saturated carbocycles. The van der Waals surface area contributed by atoms with Gasteiger partial charge < -0.3 is 10.6 Å². The van der Waals surface area contributed by atoms with E-state index >= 15 is 0 Å². The fourth-order valence-corrected chi connectivity index (χ4v) is 1.74. The quantitative estimate of drug-likeness (QED) is 0.533. The molecule has 2 rings (SSSR count). The van der Waals surface area contributed by atoms with Crippen LogP contribution in [0.2, 0.25) is 0 Å². The van der Waals surface area contributed by atoms with Gasteiger partial charge in [0.05, 0.1) is 17.2 Å². The molecule has 1 aromatic rings. The molecule has 1 aromatic carbocycles. The predicted octanol–water partition coefficient (Wildman–Crippen LogP) is -0.101. The Balaban J connectivity index is 2.15. The molecular formula is C11H10F2N4O4. The van der Waals surface area contributed by atoms with Crippen molar-refractivity contribution in [2.75, 3.05) is 18.4 Å². The van der Waals surface area contributed by atoms with Crippen molar-refractivity contribution in [2.45, 2.75) is 6.04 Å². The minimum atomic E-state index is -1.33. The number of anilines is 1. The number of nitro benzene ring substituents is 1. The van der Waals surface area contributed by atoms with Crippen LogP contribution in [0.25, 0.3) is 0 Å². The Morgan fingerprint density at radius 3 is 2.67 bits per heavy atom. The molecule has 10 heteroatoms. The zero-order valence-corrected chi connectivity index (χ0v) is 10.5. The van der Waals surface area contributed by atoms with E-state index in [0.717, 1.165) is 0 Å². The lowest BCUT2D eigenvalue weighted by molar-refractivity contribution is -0.387. The maximum atomic E-state index is 13.5. The van der Waals surface area contributed by atoms with Gasteiger partial charge in [-0.3, -0.25) is 25.0 Å². The number of rotatable bonds is 3. The Morgan fingerprint density at radius 2 is 2.10 bits per heavy atom. The van der Waals surface area contributed by atoms with Crippen LogP contribution in [0.1, 0.15) is 0 Å². The highest BCUT2D eigenvalue weighted by Gasteiger charge is 2.26. The van der Waals surface area contributed by atoms with Crippen LogP contribution < -0.4 is 16.0 Å². The minimum Gasteiger partial charge on any atom is -0.353 e. The standard InChI is InChI=1S/C11H10F2N4O4/c12-5-1-6(13)9(17(20)21)2-7(5)16-11(19)8-3-15-10(18)4-14-8/h1-2,8,14H,3-4H2,(H,15,18)(H,16,19). The molecule has 1 fully saturated rings. The van der Waals surface area contributed by atoms with E-state index in [2.05, 4.69) is 16.0 Å². The first-order valence-corrected chi connectivity index (χ1v) is 5.83. The summed E-state index contributed by atoms with van der Waals surface area (Å²) in [6, 6.07) is 0.111. The van der Waals surface area contributed by atoms with Crippen LogP contribution in [0.15, 0.2) is 12.1 Å². The van der Waals surface area contributed by atoms with Gasteiger partial charge in [0.2, 0.25) is 17.6 Å². The summed E-state index contributed by atoms with van der Waals surface area (Å²) in [6.45, 7) is -0.0836. The van der Waals surface area contributed by atoms with E-state index in [1.807, 2.05) is 0 Å². The first-order chi connectivity index (χ1) is 9.88. The molecule has 21 heavy (non-hydrogen) atoms. The number of benzene rings is 1. The number of carbonyl (C=O) groups excluding carboxylic acids is 2. The SMILES string of the molecule is O=C1CNC(C(=O)Nc2cc([N+](=O)[O-])c(F)cc2F)CN1. The zero-order valence-electron chi connectivity index (χ0n) is 10.5. The Labute approximate surface area is 116 Å². The van der Waals surface area contributed by atoms with E-state index in [1.165, 1.54) is 0 Å². The van der Waals surface area contributed by atoms with E-state index < -0.39 is 39.9 Å². The second kappa shape index (κ2) is 5.79. The predicted molar refractivity (Wildman–Crippen MR) is 66.4 cm³/mol. The smallest absolute Gasteiger partial charge is 0.307 e. The summed E-state index contributed by atoms with van der Waals surface area (Å²) in [5.41, 5.74) is -1.46. The molecule has 3 N–H and O–H groups in total. The van der Waals surface area contributed by atoms with Crippen molar-refractivity contribution in [2.24, 2.45) is 0 Å². The lowest BCUT2D eigenvalue weighted by Crippen LogP contribution is -2.56. The topological polar surface area (TPSA) is 113 Å². The van der Waals surface area contributed by atoms with E-state index in [0.29, 0.717) is 12.1 Å². The molecule has 8 nitrogen and oxygen atoms in total. The molecule has 1 atom stereocenters. The van der Waals surface area contributed by atoms with Crippen molar-refractivity contribution < 1.29 is 23.3 Å². The largest absolute Gasteiger partial charge is 0.353 e. The molecule has 0 radical (unpaired) electrons. The van der Waals surface area contributed by atoms with Crippen molar-refractivity contribution in [3.8, 4) is 0 Å². The van der Waals surface area contributed by atoms with Crippen molar-refractivity contribution in [1.29, 1.82) is 0 Å². The fraction of sp³-hybridized carbons (Fsp3) is 0.273. The third-order valence-electron chi connectivity index (χ3n) is 2.82. The van der Waals surface area contributed by atoms with Gasteiger partial charge in [-0.05, 0) is 0 Å². The Kier molecular flexibility index (Phi) is 4.08. The number of halogens is 2. The number of carbonyl (C=O) groups is 2. The number of piperazine rings is 1. The molecule has 1 unspecified atom stereocenters. The average Bonchev–Trinajstić information content (AvgIpc) is 2.42. The monoisotopic (exact) mass is 300 g/mol. The highest BCUT2D eigenvalue weighted by molar-refractivity contribution is 5.96. The van der Waals surface area contributed by atoms with Crippen LogP contribution in [0.5, 0.6) is 0 Å². The van der Waals surface area contributed by atoms with Gasteiger partial charge in [-0.15, -0.1) is 0 Å². The van der Waals surface area contributed by atoms with E-state index in [4.69, 9.17) is 0 Å². The lowest BCUT2D eigenvalue weighted by atomic mass is 10.2. The van der Waals surface area contributed by atoms with Gasteiger partial charge in [0.25, 0.3) is 0 Å². The van der Waals surface area contributed by atoms with Crippen LogP contribution in [0.4, 0.5) is 20.2 Å². The summed E-state index contributed by atoms with van der Waals surface area (Å²) in [4.78, 5) is 32.3. The molecule has 1 heterocycles. The zero-order chi connectivity index (χ0) is 15.6. The number of nitrogens with one attached hydrogen (secondary N) is 3. The Morgan fingerprint density at radius 1 is 1.38 bits per heavy atom. The second-order valence-electron chi connectivity index (χ2n) is 4.27. The molecule has 1 aliphatic heterocycles. The maximum absolute atomic E-state index is 13.5. The highest BCUT2D eigenvalue weighted by atomic mass is 19.1. The molecule has 0 spiro atoms. The van der Waals surface area contributed by atoms with Crippen molar-refractivity contribution in [3.05, 3.63) is 33.9 Å². The molecule has 1 aliphatic rings. The van der Waals surface area contributed by atoms with Crippen molar-refractivity contribution >= 4 is 23.2 Å². The van der Waals surface area contributed by atoms with E-state index in [-0.39, 0.29) is 19.0 Å². The van der Waals surface area contributed by atoms with Gasteiger partial charge in [-0.1, -0.05) is 0 Å². The second-order valence-corrected chi connectivity index (χ2v) is 4.27. The summed E-state index contributed by atoms with van der Waals surface area (Å²) in [5.74, 6) is -3.46. The number of amides is 2. The molecule has 0 aliphatic carbocycles. The summed E-state index contributed by atoms with van der Waals surface area (Å²) in [5, 5.41) is 17.7. The van der Waals surface area contributed by atoms with Crippen LogP contribution in [0, 0.1) is 21.7 Å². The third-order valence-corrected chi connectivity index (χ3v) is 2.82. The number of nitrogens with zero attached hydrogens (tertiary/aromatic N) is 1. The number of hydrogen-bond donors (Lipinski definition) is 3. The molecule has 0 aromatic heterocycles. The van der Waals surface area contributed by atoms with Gasteiger partial charge in [-0.2, -0.15) is 4.39 Å². The maximum Gasteiger partial charge on any atom is 0.307 e. The first-order valence-electron chi connectivity index (χ1n) is 5.83. The normalized spacial score (nSPS) is 18.0. The van der Waals surface area contributed by atoms with Gasteiger partial charge in [0, 0.05) is 18.7 Å². The van der Waals surface area contributed by atoms with Crippen LogP contribution >= 0.6 is 0 Å². The van der Waals surface area contributed by atoms with E-state index in [1.54, 1.807) is 0 Å². The van der Waals surface area contributed by atoms with Gasteiger partial charge in [0.15, 0.2) is 0 Å². The minimum absolute atomic E-state index is 0.00439. The van der Waals surface area contributed by atoms with Gasteiger partial charge in [-0.25, -0.2) is 4.39 Å². The highest BCUT2D eigenvalue weighted by Crippen LogP contribution is 2.25. The fourth-order valence-electron chi connectivity index (χ4n) is 1.74. The first kappa shape index (κ1) is 14.8. The van der Waals surface area contributed by atoms with E-state index in [9.17, 15) is 28.5 Å². The Bertz CT molecular complexity index is 612. The van der Waals surface area contributed by atoms with Gasteiger partial charge >= 0.3 is 5.69 Å². The van der Waals surface area contributed by atoms with Crippen molar-refractivity contribution in [1.82, 2.24) is 10.6 Å². The lowest BCUT2D eigenvalue weighted by Gasteiger charge is -2.23. The Hall–Kier alpha value is -2.62. The molecule has 2 amide bonds. The summed E-state index contributed by atoms with van der Waals surface area (Å²) < 4.78 is 26.7. The summed E-state index contributed by atoms with van der Waals surface area (Å²) >= 11 is 0. The van der Waals surface area contributed by atoms with Crippen LogP contribution in [-0.2, 0) is 9.59 Å². The third kappa shape index (κ3) is 3.28. The number of hydrogen-bond acceptors (Lipinski definition) is 5. The molecule has 0 bridgehead atoms. The molecule has 1 saturated heterocycles.